The van der Waals surface area contributed by atoms with Gasteiger partial charge in [-0.2, -0.15) is 0 Å². The largest absolute Gasteiger partial charge is 0.289 e. The van der Waals surface area contributed by atoms with E-state index in [1.807, 2.05) is 30.3 Å². The Morgan fingerprint density at radius 3 is 2.41 bits per heavy atom. The molecular formula is C13H7N3O. The van der Waals surface area contributed by atoms with Gasteiger partial charge in [0.05, 0.1) is 0 Å². The van der Waals surface area contributed by atoms with Crippen LogP contribution in [0.5, 0.6) is 0 Å². The molecule has 0 radical (unpaired) electrons. The van der Waals surface area contributed by atoms with Gasteiger partial charge in [0.2, 0.25) is 0 Å². The molecule has 0 aliphatic heterocycles. The van der Waals surface area contributed by atoms with Gasteiger partial charge in [-0.05, 0) is 22.7 Å². The zero-order chi connectivity index (χ0) is 11.8. The number of ketones is 1. The minimum Gasteiger partial charge on any atom is -0.289 e. The molecule has 17 heavy (non-hydrogen) atoms. The van der Waals surface area contributed by atoms with Gasteiger partial charge in [-0.15, -0.1) is 0 Å². The Balaban J connectivity index is 2.27. The summed E-state index contributed by atoms with van der Waals surface area (Å²) in [7, 11) is 0. The minimum atomic E-state index is -0.00871. The van der Waals surface area contributed by atoms with Crippen LogP contribution in [0.2, 0.25) is 0 Å². The molecule has 0 spiro atoms. The molecule has 0 fully saturated rings. The van der Waals surface area contributed by atoms with Gasteiger partial charge < -0.3 is 0 Å². The first-order valence-electron chi connectivity index (χ1n) is 5.14. The van der Waals surface area contributed by atoms with Crippen molar-refractivity contribution in [1.82, 2.24) is 0 Å². The fourth-order valence-electron chi connectivity index (χ4n) is 2.13. The SMILES string of the molecule is [N-]=[N+]=Nc1ccc2c(c1)C(=O)c1ccccc1-2. The van der Waals surface area contributed by atoms with Crippen molar-refractivity contribution >= 4 is 11.5 Å². The van der Waals surface area contributed by atoms with E-state index in [0.717, 1.165) is 11.1 Å². The first kappa shape index (κ1) is 9.63. The molecule has 0 aromatic heterocycles. The maximum absolute atomic E-state index is 12.1. The van der Waals surface area contributed by atoms with Gasteiger partial charge in [-0.3, -0.25) is 4.79 Å². The summed E-state index contributed by atoms with van der Waals surface area (Å²) in [5, 5.41) is 3.51. The summed E-state index contributed by atoms with van der Waals surface area (Å²) < 4.78 is 0. The molecule has 1 aliphatic rings. The van der Waals surface area contributed by atoms with Crippen molar-refractivity contribution in [3.8, 4) is 11.1 Å². The van der Waals surface area contributed by atoms with Crippen molar-refractivity contribution in [3.05, 3.63) is 64.0 Å². The zero-order valence-corrected chi connectivity index (χ0v) is 8.79. The van der Waals surface area contributed by atoms with E-state index in [9.17, 15) is 4.79 Å². The predicted molar refractivity (Wildman–Crippen MR) is 64.1 cm³/mol. The number of nitrogens with zero attached hydrogens (tertiary/aromatic N) is 3. The van der Waals surface area contributed by atoms with Crippen LogP contribution in [0.15, 0.2) is 47.6 Å². The van der Waals surface area contributed by atoms with Gasteiger partial charge in [-0.25, -0.2) is 0 Å². The van der Waals surface area contributed by atoms with Crippen molar-refractivity contribution in [3.63, 3.8) is 0 Å². The molecule has 2 aromatic carbocycles. The Morgan fingerprint density at radius 1 is 0.941 bits per heavy atom. The third-order valence-electron chi connectivity index (χ3n) is 2.87. The van der Waals surface area contributed by atoms with Crippen LogP contribution in [0.25, 0.3) is 21.6 Å². The minimum absolute atomic E-state index is 0.00871. The molecule has 0 bridgehead atoms. The van der Waals surface area contributed by atoms with Gasteiger partial charge >= 0.3 is 0 Å². The van der Waals surface area contributed by atoms with E-state index in [2.05, 4.69) is 10.0 Å². The second-order valence-electron chi connectivity index (χ2n) is 3.79. The monoisotopic (exact) mass is 221 g/mol. The summed E-state index contributed by atoms with van der Waals surface area (Å²) in [6.07, 6.45) is 0. The van der Waals surface area contributed by atoms with Gasteiger partial charge in [0, 0.05) is 21.7 Å². The lowest BCUT2D eigenvalue weighted by Crippen LogP contribution is -1.93. The molecule has 0 atom stereocenters. The maximum atomic E-state index is 12.1. The molecular weight excluding hydrogens is 214 g/mol. The Bertz CT molecular complexity index is 685. The molecule has 80 valence electrons. The highest BCUT2D eigenvalue weighted by Gasteiger charge is 2.25. The van der Waals surface area contributed by atoms with Gasteiger partial charge in [-0.1, -0.05) is 41.5 Å². The zero-order valence-electron chi connectivity index (χ0n) is 8.79. The summed E-state index contributed by atoms with van der Waals surface area (Å²) in [5.74, 6) is -0.00871. The van der Waals surface area contributed by atoms with Crippen LogP contribution in [-0.4, -0.2) is 5.78 Å². The van der Waals surface area contributed by atoms with Gasteiger partial charge in [0.25, 0.3) is 0 Å². The van der Waals surface area contributed by atoms with E-state index in [0.29, 0.717) is 16.8 Å². The van der Waals surface area contributed by atoms with Crippen LogP contribution >= 0.6 is 0 Å². The number of azide groups is 1. The number of rotatable bonds is 1. The molecule has 0 heterocycles. The van der Waals surface area contributed by atoms with E-state index in [4.69, 9.17) is 5.53 Å². The number of hydrogen-bond donors (Lipinski definition) is 0. The molecule has 0 saturated carbocycles. The summed E-state index contributed by atoms with van der Waals surface area (Å²) in [6.45, 7) is 0. The maximum Gasteiger partial charge on any atom is 0.194 e. The average Bonchev–Trinajstić information content (AvgIpc) is 2.65. The molecule has 0 N–H and O–H groups in total. The van der Waals surface area contributed by atoms with Crippen molar-refractivity contribution in [1.29, 1.82) is 0 Å². The number of carbonyl (C=O) groups excluding carboxylic acids is 1. The molecule has 0 unspecified atom stereocenters. The Morgan fingerprint density at radius 2 is 1.65 bits per heavy atom. The highest BCUT2D eigenvalue weighted by atomic mass is 16.1. The van der Waals surface area contributed by atoms with Crippen LogP contribution in [0.1, 0.15) is 15.9 Å². The fraction of sp³-hybridized carbons (Fsp3) is 0. The van der Waals surface area contributed by atoms with E-state index in [1.54, 1.807) is 12.1 Å². The number of carbonyl (C=O) groups is 1. The van der Waals surface area contributed by atoms with Crippen LogP contribution in [0.3, 0.4) is 0 Å². The highest BCUT2D eigenvalue weighted by Crippen LogP contribution is 2.37. The lowest BCUT2D eigenvalue weighted by molar-refractivity contribution is 0.104. The lowest BCUT2D eigenvalue weighted by atomic mass is 10.1. The van der Waals surface area contributed by atoms with Gasteiger partial charge in [0.15, 0.2) is 5.78 Å². The van der Waals surface area contributed by atoms with Crippen molar-refractivity contribution in [2.75, 3.05) is 0 Å². The van der Waals surface area contributed by atoms with Crippen LogP contribution in [0, 0.1) is 0 Å². The first-order valence-corrected chi connectivity index (χ1v) is 5.14. The predicted octanol–water partition coefficient (Wildman–Crippen LogP) is 3.84. The summed E-state index contributed by atoms with van der Waals surface area (Å²) in [4.78, 5) is 14.8. The smallest absolute Gasteiger partial charge is 0.194 e. The number of benzene rings is 2. The molecule has 0 amide bonds. The Kier molecular flexibility index (Phi) is 1.97. The average molecular weight is 221 g/mol. The Hall–Kier alpha value is -2.58. The van der Waals surface area contributed by atoms with Crippen molar-refractivity contribution in [2.45, 2.75) is 0 Å². The quantitative estimate of drug-likeness (QED) is 0.349. The molecule has 2 aromatic rings. The topological polar surface area (TPSA) is 65.8 Å². The van der Waals surface area contributed by atoms with E-state index >= 15 is 0 Å². The molecule has 1 aliphatic carbocycles. The molecule has 3 rings (SSSR count). The van der Waals surface area contributed by atoms with Gasteiger partial charge in [0.1, 0.15) is 0 Å². The lowest BCUT2D eigenvalue weighted by Gasteiger charge is -1.99. The second-order valence-corrected chi connectivity index (χ2v) is 3.79. The van der Waals surface area contributed by atoms with Crippen LogP contribution in [0.4, 0.5) is 5.69 Å². The van der Waals surface area contributed by atoms with E-state index in [1.165, 1.54) is 0 Å². The molecule has 0 saturated heterocycles. The number of hydrogen-bond acceptors (Lipinski definition) is 2. The number of fused-ring (bicyclic) bond motifs is 3. The van der Waals surface area contributed by atoms with E-state index in [-0.39, 0.29) is 5.78 Å². The normalized spacial score (nSPS) is 11.6. The van der Waals surface area contributed by atoms with E-state index < -0.39 is 0 Å². The third kappa shape index (κ3) is 1.32. The Labute approximate surface area is 97.1 Å². The van der Waals surface area contributed by atoms with Crippen LogP contribution in [-0.2, 0) is 0 Å². The van der Waals surface area contributed by atoms with Crippen molar-refractivity contribution in [2.24, 2.45) is 5.11 Å². The van der Waals surface area contributed by atoms with Crippen LogP contribution < -0.4 is 0 Å². The molecule has 4 nitrogen and oxygen atoms in total. The summed E-state index contributed by atoms with van der Waals surface area (Å²) in [6, 6.07) is 12.7. The second kappa shape index (κ2) is 3.47. The summed E-state index contributed by atoms with van der Waals surface area (Å²) >= 11 is 0. The first-order chi connectivity index (χ1) is 8.31. The molecule has 4 heteroatoms. The third-order valence-corrected chi connectivity index (χ3v) is 2.87. The fourth-order valence-corrected chi connectivity index (χ4v) is 2.13. The summed E-state index contributed by atoms with van der Waals surface area (Å²) in [5.41, 5.74) is 12.0. The van der Waals surface area contributed by atoms with Crippen molar-refractivity contribution < 1.29 is 4.79 Å². The standard InChI is InChI=1S/C13H7N3O/c14-16-15-8-5-6-10-9-3-1-2-4-11(9)13(17)12(10)7-8/h1-7H. The highest BCUT2D eigenvalue weighted by molar-refractivity contribution is 6.21.